The highest BCUT2D eigenvalue weighted by molar-refractivity contribution is 5.81. The van der Waals surface area contributed by atoms with Crippen LogP contribution in [-0.2, 0) is 0 Å². The number of aliphatic imine (C=N–C) groups is 2. The summed E-state index contributed by atoms with van der Waals surface area (Å²) in [6.45, 7) is 14.5. The van der Waals surface area contributed by atoms with Crippen molar-refractivity contribution in [3.8, 4) is 0 Å². The molecule has 0 unspecified atom stereocenters. The van der Waals surface area contributed by atoms with Crippen LogP contribution >= 0.6 is 0 Å². The first-order chi connectivity index (χ1) is 11.6. The van der Waals surface area contributed by atoms with Gasteiger partial charge in [-0.1, -0.05) is 39.8 Å². The van der Waals surface area contributed by atoms with Crippen LogP contribution in [0.3, 0.4) is 0 Å². The molecule has 0 bridgehead atoms. The van der Waals surface area contributed by atoms with Crippen LogP contribution in [0.4, 0.5) is 0 Å². The minimum Gasteiger partial charge on any atom is -0.356 e. The maximum Gasteiger partial charge on any atom is 0.191 e. The summed E-state index contributed by atoms with van der Waals surface area (Å²) < 4.78 is 0. The third-order valence-corrected chi connectivity index (χ3v) is 3.51. The third-order valence-electron chi connectivity index (χ3n) is 3.51. The Kier molecular flexibility index (Phi) is 10.7. The van der Waals surface area contributed by atoms with E-state index in [0.29, 0.717) is 5.92 Å². The summed E-state index contributed by atoms with van der Waals surface area (Å²) in [7, 11) is 0. The fourth-order valence-electron chi connectivity index (χ4n) is 2.25. The Bertz CT molecular complexity index is 412. The van der Waals surface area contributed by atoms with Gasteiger partial charge in [-0.25, -0.2) is 0 Å². The van der Waals surface area contributed by atoms with Crippen molar-refractivity contribution in [3.63, 3.8) is 0 Å². The van der Waals surface area contributed by atoms with Crippen molar-refractivity contribution in [2.24, 2.45) is 21.8 Å². The fourth-order valence-corrected chi connectivity index (χ4v) is 2.25. The van der Waals surface area contributed by atoms with E-state index in [-0.39, 0.29) is 0 Å². The zero-order valence-electron chi connectivity index (χ0n) is 15.9. The second-order valence-electron chi connectivity index (χ2n) is 6.83. The van der Waals surface area contributed by atoms with Gasteiger partial charge in [-0.15, -0.1) is 0 Å². The largest absolute Gasteiger partial charge is 0.356 e. The topological polar surface area (TPSA) is 72.8 Å². The van der Waals surface area contributed by atoms with E-state index in [0.717, 1.165) is 57.1 Å². The molecule has 0 saturated carbocycles. The molecule has 0 spiro atoms. The molecule has 2 heterocycles. The Morgan fingerprint density at radius 1 is 1.00 bits per heavy atom. The quantitative estimate of drug-likeness (QED) is 0.422. The van der Waals surface area contributed by atoms with E-state index in [1.807, 2.05) is 0 Å². The Morgan fingerprint density at radius 2 is 1.62 bits per heavy atom. The molecule has 0 aliphatic carbocycles. The van der Waals surface area contributed by atoms with Crippen molar-refractivity contribution in [1.82, 2.24) is 21.3 Å². The maximum atomic E-state index is 4.25. The van der Waals surface area contributed by atoms with Crippen molar-refractivity contribution >= 4 is 11.9 Å². The van der Waals surface area contributed by atoms with Gasteiger partial charge in [0, 0.05) is 26.2 Å². The molecule has 0 aromatic carbocycles. The molecule has 0 saturated heterocycles. The maximum absolute atomic E-state index is 4.25. The number of rotatable bonds is 7. The van der Waals surface area contributed by atoms with Crippen LogP contribution in [0.15, 0.2) is 22.1 Å². The summed E-state index contributed by atoms with van der Waals surface area (Å²) in [6, 6.07) is 0. The Balaban J connectivity index is 0.000000240. The average Bonchev–Trinajstić information content (AvgIpc) is 3.22. The van der Waals surface area contributed by atoms with Crippen molar-refractivity contribution in [2.45, 2.75) is 40.5 Å². The van der Waals surface area contributed by atoms with E-state index in [1.54, 1.807) is 0 Å². The van der Waals surface area contributed by atoms with E-state index < -0.39 is 0 Å². The van der Waals surface area contributed by atoms with Crippen molar-refractivity contribution < 1.29 is 0 Å². The van der Waals surface area contributed by atoms with E-state index >= 15 is 0 Å². The number of nitrogens with one attached hydrogen (secondary N) is 4. The molecule has 24 heavy (non-hydrogen) atoms. The van der Waals surface area contributed by atoms with Crippen LogP contribution in [0.1, 0.15) is 40.5 Å². The second-order valence-corrected chi connectivity index (χ2v) is 6.83. The summed E-state index contributed by atoms with van der Waals surface area (Å²) in [6.07, 6.45) is 6.84. The number of allylic oxidation sites excluding steroid dienone is 1. The van der Waals surface area contributed by atoms with Gasteiger partial charge < -0.3 is 21.3 Å². The van der Waals surface area contributed by atoms with Gasteiger partial charge in [0.05, 0.1) is 13.1 Å². The minimum atomic E-state index is 0.630. The molecule has 0 radical (unpaired) electrons. The molecule has 0 amide bonds. The zero-order chi connectivity index (χ0) is 17.6. The van der Waals surface area contributed by atoms with E-state index in [1.165, 1.54) is 12.8 Å². The number of hydrogen-bond donors (Lipinski definition) is 4. The lowest BCUT2D eigenvalue weighted by Crippen LogP contribution is -2.34. The normalized spacial score (nSPS) is 16.4. The van der Waals surface area contributed by atoms with Crippen LogP contribution in [0.5, 0.6) is 0 Å². The van der Waals surface area contributed by atoms with Gasteiger partial charge in [0.1, 0.15) is 0 Å². The first-order valence-corrected chi connectivity index (χ1v) is 9.29. The van der Waals surface area contributed by atoms with Gasteiger partial charge in [-0.3, -0.25) is 9.98 Å². The highest BCUT2D eigenvalue weighted by Crippen LogP contribution is 2.01. The standard InChI is InChI=1S/C9H19N3.C9H17N3/c2*1-8(2)4-3-5-10-9-11-6-7-12-9/h8H,3-7H2,1-2H3,(H2,10,11,12);3-4,8H,5-7H2,1-2H3,(H2,10,11,12)/b;4-3+. The van der Waals surface area contributed by atoms with E-state index in [2.05, 4.69) is 71.1 Å². The lowest BCUT2D eigenvalue weighted by molar-refractivity contribution is 0.550. The van der Waals surface area contributed by atoms with Crippen LogP contribution in [0, 0.1) is 11.8 Å². The van der Waals surface area contributed by atoms with Crippen LogP contribution in [0.2, 0.25) is 0 Å². The smallest absolute Gasteiger partial charge is 0.191 e. The fraction of sp³-hybridized carbons (Fsp3) is 0.778. The third kappa shape index (κ3) is 10.9. The lowest BCUT2D eigenvalue weighted by Gasteiger charge is -2.07. The monoisotopic (exact) mass is 336 g/mol. The second kappa shape index (κ2) is 12.7. The van der Waals surface area contributed by atoms with Gasteiger partial charge in [0.25, 0.3) is 0 Å². The first-order valence-electron chi connectivity index (χ1n) is 9.29. The van der Waals surface area contributed by atoms with Crippen LogP contribution in [-0.4, -0.2) is 51.2 Å². The molecule has 4 N–H and O–H groups in total. The SMILES string of the molecule is CC(C)/C=C/CNC1=NCCN1.CC(C)CCCNC1=NCCN1. The van der Waals surface area contributed by atoms with Gasteiger partial charge >= 0.3 is 0 Å². The lowest BCUT2D eigenvalue weighted by atomic mass is 10.1. The predicted molar refractivity (Wildman–Crippen MR) is 105 cm³/mol. The summed E-state index contributed by atoms with van der Waals surface area (Å²) in [5, 5.41) is 12.8. The van der Waals surface area contributed by atoms with E-state index in [4.69, 9.17) is 0 Å². The van der Waals surface area contributed by atoms with Gasteiger partial charge in [0.15, 0.2) is 11.9 Å². The molecule has 138 valence electrons. The Morgan fingerprint density at radius 3 is 2.12 bits per heavy atom. The molecule has 0 fully saturated rings. The van der Waals surface area contributed by atoms with Crippen LogP contribution in [0.25, 0.3) is 0 Å². The van der Waals surface area contributed by atoms with Crippen LogP contribution < -0.4 is 21.3 Å². The highest BCUT2D eigenvalue weighted by atomic mass is 15.2. The summed E-state index contributed by atoms with van der Waals surface area (Å²) in [5.74, 6) is 3.36. The molecule has 0 atom stereocenters. The van der Waals surface area contributed by atoms with Crippen molar-refractivity contribution in [2.75, 3.05) is 39.3 Å². The Labute approximate surface area is 147 Å². The number of hydrogen-bond acceptors (Lipinski definition) is 6. The molecule has 0 aromatic rings. The average molecular weight is 337 g/mol. The molecule has 6 heteroatoms. The van der Waals surface area contributed by atoms with Gasteiger partial charge in [-0.05, 0) is 24.7 Å². The molecule has 6 nitrogen and oxygen atoms in total. The molecular weight excluding hydrogens is 300 g/mol. The zero-order valence-corrected chi connectivity index (χ0v) is 15.9. The predicted octanol–water partition coefficient (Wildman–Crippen LogP) is 1.72. The number of nitrogens with zero attached hydrogens (tertiary/aromatic N) is 2. The minimum absolute atomic E-state index is 0.630. The van der Waals surface area contributed by atoms with E-state index in [9.17, 15) is 0 Å². The molecule has 2 rings (SSSR count). The summed E-state index contributed by atoms with van der Waals surface area (Å²) in [4.78, 5) is 8.46. The summed E-state index contributed by atoms with van der Waals surface area (Å²) in [5.41, 5.74) is 0. The van der Waals surface area contributed by atoms with Crippen molar-refractivity contribution in [3.05, 3.63) is 12.2 Å². The first kappa shape index (κ1) is 20.3. The molecular formula is C18H36N6. The van der Waals surface area contributed by atoms with Gasteiger partial charge in [0.2, 0.25) is 0 Å². The molecule has 2 aliphatic heterocycles. The summed E-state index contributed by atoms with van der Waals surface area (Å²) >= 11 is 0. The molecule has 0 aromatic heterocycles. The highest BCUT2D eigenvalue weighted by Gasteiger charge is 2.02. The number of guanidine groups is 2. The molecule has 2 aliphatic rings. The Hall–Kier alpha value is -1.72. The van der Waals surface area contributed by atoms with Gasteiger partial charge in [-0.2, -0.15) is 0 Å². The van der Waals surface area contributed by atoms with Crippen molar-refractivity contribution in [1.29, 1.82) is 0 Å².